The summed E-state index contributed by atoms with van der Waals surface area (Å²) in [6.45, 7) is 3.60. The summed E-state index contributed by atoms with van der Waals surface area (Å²) in [5.74, 6) is 2.01. The van der Waals surface area contributed by atoms with Crippen LogP contribution in [0.1, 0.15) is 30.4 Å². The number of ether oxygens (including phenoxy) is 1. The third kappa shape index (κ3) is 8.52. The lowest BCUT2D eigenvalue weighted by atomic mass is 9.86. The van der Waals surface area contributed by atoms with Crippen LogP contribution in [0.4, 0.5) is 0 Å². The molecule has 1 aromatic rings. The predicted octanol–water partition coefficient (Wildman–Crippen LogP) is 2.05. The van der Waals surface area contributed by atoms with Crippen molar-refractivity contribution in [3.63, 3.8) is 0 Å². The van der Waals surface area contributed by atoms with Crippen molar-refractivity contribution in [1.29, 1.82) is 0 Å². The van der Waals surface area contributed by atoms with Gasteiger partial charge in [-0.1, -0.05) is 24.1 Å². The summed E-state index contributed by atoms with van der Waals surface area (Å²) in [6, 6.07) is 6.10. The molecule has 1 saturated carbocycles. The van der Waals surface area contributed by atoms with Crippen LogP contribution in [0.15, 0.2) is 23.2 Å². The molecule has 3 N–H and O–H groups in total. The molecule has 0 spiro atoms. The van der Waals surface area contributed by atoms with E-state index in [2.05, 4.69) is 33.3 Å². The summed E-state index contributed by atoms with van der Waals surface area (Å²) in [4.78, 5) is 4.14. The molecule has 0 aromatic heterocycles. The van der Waals surface area contributed by atoms with E-state index in [9.17, 15) is 8.42 Å². The Bertz CT molecular complexity index is 737. The van der Waals surface area contributed by atoms with Gasteiger partial charge in [0.2, 0.25) is 10.0 Å². The number of rotatable bonds is 10. The molecule has 0 atom stereocenters. The molecule has 160 valence electrons. The van der Waals surface area contributed by atoms with Crippen LogP contribution in [0.3, 0.4) is 0 Å². The van der Waals surface area contributed by atoms with Crippen LogP contribution in [0.2, 0.25) is 0 Å². The van der Waals surface area contributed by atoms with E-state index in [1.807, 2.05) is 12.1 Å². The lowest BCUT2D eigenvalue weighted by molar-refractivity contribution is 0.316. The number of aryl methyl sites for hydroxylation is 1. The van der Waals surface area contributed by atoms with Crippen molar-refractivity contribution in [1.82, 2.24) is 15.4 Å². The van der Waals surface area contributed by atoms with Gasteiger partial charge in [-0.2, -0.15) is 0 Å². The van der Waals surface area contributed by atoms with Crippen LogP contribution >= 0.6 is 24.0 Å². The summed E-state index contributed by atoms with van der Waals surface area (Å²) in [6.07, 6.45) is 4.25. The first-order chi connectivity index (χ1) is 12.9. The lowest BCUT2D eigenvalue weighted by Gasteiger charge is -2.25. The molecule has 9 heteroatoms. The van der Waals surface area contributed by atoms with Crippen LogP contribution in [0.25, 0.3) is 0 Å². The maximum Gasteiger partial charge on any atom is 0.213 e. The van der Waals surface area contributed by atoms with Gasteiger partial charge in [0.1, 0.15) is 5.75 Å². The largest absolute Gasteiger partial charge is 0.496 e. The van der Waals surface area contributed by atoms with Crippen molar-refractivity contribution in [3.8, 4) is 5.75 Å². The number of guanidine groups is 1. The number of sulfonamides is 1. The third-order valence-corrected chi connectivity index (χ3v) is 6.17. The van der Waals surface area contributed by atoms with Gasteiger partial charge in [0.05, 0.1) is 12.9 Å². The van der Waals surface area contributed by atoms with Crippen LogP contribution in [0.5, 0.6) is 5.75 Å². The molecule has 0 heterocycles. The average molecular weight is 524 g/mol. The average Bonchev–Trinajstić information content (AvgIpc) is 2.59. The Morgan fingerprint density at radius 3 is 2.57 bits per heavy atom. The smallest absolute Gasteiger partial charge is 0.213 e. The monoisotopic (exact) mass is 524 g/mol. The molecule has 1 aliphatic carbocycles. The Kier molecular flexibility index (Phi) is 11.1. The number of aliphatic imine (C=N–C) groups is 1. The first-order valence-corrected chi connectivity index (χ1v) is 11.1. The molecular formula is C19H33IN4O3S. The zero-order chi connectivity index (χ0) is 19.7. The first kappa shape index (κ1) is 25.0. The summed E-state index contributed by atoms with van der Waals surface area (Å²) in [5, 5.41) is 6.27. The summed E-state index contributed by atoms with van der Waals surface area (Å²) >= 11 is 0. The van der Waals surface area contributed by atoms with E-state index in [0.717, 1.165) is 30.6 Å². The quantitative estimate of drug-likeness (QED) is 0.248. The molecule has 1 fully saturated rings. The molecule has 0 amide bonds. The Balaban J connectivity index is 0.00000392. The highest BCUT2D eigenvalue weighted by molar-refractivity contribution is 14.0. The van der Waals surface area contributed by atoms with E-state index in [1.165, 1.54) is 12.0 Å². The zero-order valence-corrected chi connectivity index (χ0v) is 20.1. The Morgan fingerprint density at radius 1 is 1.25 bits per heavy atom. The summed E-state index contributed by atoms with van der Waals surface area (Å²) in [5.41, 5.74) is 2.32. The van der Waals surface area contributed by atoms with Crippen LogP contribution < -0.4 is 20.1 Å². The predicted molar refractivity (Wildman–Crippen MR) is 125 cm³/mol. The van der Waals surface area contributed by atoms with Gasteiger partial charge in [0.15, 0.2) is 5.96 Å². The van der Waals surface area contributed by atoms with E-state index >= 15 is 0 Å². The van der Waals surface area contributed by atoms with Gasteiger partial charge < -0.3 is 15.4 Å². The Morgan fingerprint density at radius 2 is 1.96 bits per heavy atom. The second-order valence-electron chi connectivity index (χ2n) is 6.96. The van der Waals surface area contributed by atoms with Crippen molar-refractivity contribution in [2.45, 2.75) is 32.6 Å². The first-order valence-electron chi connectivity index (χ1n) is 9.49. The fraction of sp³-hybridized carbons (Fsp3) is 0.632. The molecule has 2 rings (SSSR count). The van der Waals surface area contributed by atoms with E-state index in [0.29, 0.717) is 31.5 Å². The van der Waals surface area contributed by atoms with Gasteiger partial charge in [0.25, 0.3) is 0 Å². The highest BCUT2D eigenvalue weighted by Crippen LogP contribution is 2.25. The maximum atomic E-state index is 12.0. The molecular weight excluding hydrogens is 491 g/mol. The number of methoxy groups -OCH3 is 1. The van der Waals surface area contributed by atoms with Crippen molar-refractivity contribution in [3.05, 3.63) is 29.3 Å². The van der Waals surface area contributed by atoms with Gasteiger partial charge in [-0.15, -0.1) is 24.0 Å². The van der Waals surface area contributed by atoms with E-state index in [1.54, 1.807) is 14.2 Å². The second-order valence-corrected chi connectivity index (χ2v) is 8.88. The Hall–Kier alpha value is -1.07. The second kappa shape index (κ2) is 12.5. The molecule has 0 bridgehead atoms. The van der Waals surface area contributed by atoms with Crippen molar-refractivity contribution in [2.24, 2.45) is 10.9 Å². The molecule has 0 aliphatic heterocycles. The molecule has 0 unspecified atom stereocenters. The Labute approximate surface area is 186 Å². The maximum absolute atomic E-state index is 12.0. The highest BCUT2D eigenvalue weighted by Gasteiger charge is 2.20. The van der Waals surface area contributed by atoms with Gasteiger partial charge in [-0.25, -0.2) is 13.1 Å². The van der Waals surface area contributed by atoms with E-state index in [4.69, 9.17) is 4.74 Å². The van der Waals surface area contributed by atoms with Gasteiger partial charge in [-0.3, -0.25) is 4.99 Å². The summed E-state index contributed by atoms with van der Waals surface area (Å²) in [7, 11) is 0.0949. The number of nitrogens with zero attached hydrogens (tertiary/aromatic N) is 1. The van der Waals surface area contributed by atoms with Crippen molar-refractivity contribution >= 4 is 40.0 Å². The topological polar surface area (TPSA) is 91.8 Å². The molecule has 7 nitrogen and oxygen atoms in total. The minimum Gasteiger partial charge on any atom is -0.496 e. The van der Waals surface area contributed by atoms with Gasteiger partial charge >= 0.3 is 0 Å². The van der Waals surface area contributed by atoms with Crippen molar-refractivity contribution in [2.75, 3.05) is 39.5 Å². The fourth-order valence-electron chi connectivity index (χ4n) is 2.96. The third-order valence-electron chi connectivity index (χ3n) is 4.83. The summed E-state index contributed by atoms with van der Waals surface area (Å²) < 4.78 is 32.1. The SMILES string of the molecule is CN=C(NCCc1cc(C)ccc1OC)NCCS(=O)(=O)NCC1CCC1.I. The molecule has 1 aromatic carbocycles. The van der Waals surface area contributed by atoms with E-state index < -0.39 is 10.0 Å². The number of benzene rings is 1. The zero-order valence-electron chi connectivity index (χ0n) is 17.0. The minimum atomic E-state index is -3.25. The van der Waals surface area contributed by atoms with Crippen LogP contribution in [0, 0.1) is 12.8 Å². The minimum absolute atomic E-state index is 0. The molecule has 1 aliphatic rings. The molecule has 0 radical (unpaired) electrons. The molecule has 28 heavy (non-hydrogen) atoms. The van der Waals surface area contributed by atoms with Gasteiger partial charge in [-0.05, 0) is 43.7 Å². The standard InChI is InChI=1S/C19H32N4O3S.HI/c1-15-7-8-18(26-3)17(13-15)9-10-21-19(20-2)22-11-12-27(24,25)23-14-16-5-4-6-16;/h7-8,13,16,23H,4-6,9-12,14H2,1-3H3,(H2,20,21,22);1H. The van der Waals surface area contributed by atoms with Crippen LogP contribution in [-0.2, 0) is 16.4 Å². The van der Waals surface area contributed by atoms with Crippen molar-refractivity contribution < 1.29 is 13.2 Å². The number of nitrogens with one attached hydrogen (secondary N) is 3. The number of hydrogen-bond donors (Lipinski definition) is 3. The number of halogens is 1. The lowest BCUT2D eigenvalue weighted by Crippen LogP contribution is -2.42. The number of hydrogen-bond acceptors (Lipinski definition) is 4. The van der Waals surface area contributed by atoms with Gasteiger partial charge in [0, 0.05) is 26.7 Å². The van der Waals surface area contributed by atoms with Crippen LogP contribution in [-0.4, -0.2) is 53.9 Å². The fourth-order valence-corrected chi connectivity index (χ4v) is 3.96. The molecule has 0 saturated heterocycles. The highest BCUT2D eigenvalue weighted by atomic mass is 127. The van der Waals surface area contributed by atoms with E-state index in [-0.39, 0.29) is 29.7 Å². The normalized spacial score (nSPS) is 14.8.